The van der Waals surface area contributed by atoms with Gasteiger partial charge in [-0.05, 0) is 70.7 Å². The van der Waals surface area contributed by atoms with Gasteiger partial charge >= 0.3 is 126 Å². The third-order valence-corrected chi connectivity index (χ3v) is 17.5. The van der Waals surface area contributed by atoms with Gasteiger partial charge in [-0.1, -0.05) is 106 Å². The Morgan fingerprint density at radius 2 is 1.37 bits per heavy atom. The zero-order chi connectivity index (χ0) is 48.6. The van der Waals surface area contributed by atoms with Gasteiger partial charge in [0.15, 0.2) is 0 Å². The molecule has 0 unspecified atom stereocenters. The first-order chi connectivity index (χ1) is 32.8. The molecular weight excluding hydrogens is 1100 g/mol. The fourth-order valence-electron chi connectivity index (χ4n) is 9.75. The first kappa shape index (κ1) is 49.0. The number of hydrogen-bond donors (Lipinski definition) is 0. The summed E-state index contributed by atoms with van der Waals surface area (Å²) in [6.07, 6.45) is 2.92. The van der Waals surface area contributed by atoms with E-state index in [-0.39, 0.29) is 36.9 Å². The maximum Gasteiger partial charge on any atom is 0.216 e. The van der Waals surface area contributed by atoms with Gasteiger partial charge in [0.25, 0.3) is 0 Å². The second kappa shape index (κ2) is 18.6. The molecule has 0 aliphatic heterocycles. The first-order valence-electron chi connectivity index (χ1n) is 24.3. The molecule has 11 aromatic rings. The van der Waals surface area contributed by atoms with Crippen LogP contribution in [0.5, 0.6) is 0 Å². The van der Waals surface area contributed by atoms with E-state index in [1.807, 2.05) is 12.1 Å². The molecule has 0 saturated heterocycles. The SMILES string of the molecule is CC(C)(C)c1cc[c-]c(-c2cc[c]([Ge]([CH3])([CH3])[CH3])cn2)c1.Cc1ccc2ccc3nc(-c4[c-]ccc5c4oc4nc(CC(C)(C)C)ccc45)n(-c4c(C(C)C)c5ccccc5c5ccccc45)c3c2n1.[Ir]. The molecule has 0 spiro atoms. The molecule has 0 amide bonds. The maximum absolute atomic E-state index is 6.71. The predicted molar refractivity (Wildman–Crippen MR) is 293 cm³/mol. The van der Waals surface area contributed by atoms with Gasteiger partial charge in [0.1, 0.15) is 0 Å². The molecule has 6 aromatic carbocycles. The normalized spacial score (nSPS) is 12.4. The molecule has 0 atom stereocenters. The Bertz CT molecular complexity index is 3750. The van der Waals surface area contributed by atoms with Crippen LogP contribution in [0.15, 0.2) is 138 Å². The summed E-state index contributed by atoms with van der Waals surface area (Å²) in [7, 11) is 0. The van der Waals surface area contributed by atoms with Crippen LogP contribution in [0.2, 0.25) is 17.3 Å². The Labute approximate surface area is 428 Å². The Balaban J connectivity index is 0.000000244. The molecule has 8 heteroatoms. The van der Waals surface area contributed by atoms with Gasteiger partial charge < -0.3 is 8.98 Å². The molecule has 0 saturated carbocycles. The van der Waals surface area contributed by atoms with E-state index in [2.05, 4.69) is 223 Å². The number of imidazole rings is 1. The summed E-state index contributed by atoms with van der Waals surface area (Å²) in [5.74, 6) is 8.17. The molecule has 0 aliphatic carbocycles. The Morgan fingerprint density at radius 3 is 2.04 bits per heavy atom. The van der Waals surface area contributed by atoms with Crippen LogP contribution in [-0.4, -0.2) is 37.8 Å². The summed E-state index contributed by atoms with van der Waals surface area (Å²) in [4.78, 5) is 20.2. The van der Waals surface area contributed by atoms with E-state index in [4.69, 9.17) is 19.4 Å². The van der Waals surface area contributed by atoms with E-state index in [0.29, 0.717) is 5.71 Å². The summed E-state index contributed by atoms with van der Waals surface area (Å²) in [5.41, 5.74) is 13.0. The zero-order valence-corrected chi connectivity index (χ0v) is 47.0. The summed E-state index contributed by atoms with van der Waals surface area (Å²) >= 11 is -1.76. The van der Waals surface area contributed by atoms with Gasteiger partial charge in [-0.25, -0.2) is 4.98 Å². The van der Waals surface area contributed by atoms with Crippen molar-refractivity contribution < 1.29 is 24.5 Å². The number of benzene rings is 6. The van der Waals surface area contributed by atoms with Crippen molar-refractivity contribution in [3.05, 3.63) is 168 Å². The Hall–Kier alpha value is -5.99. The number of fused-ring (bicyclic) bond motifs is 9. The van der Waals surface area contributed by atoms with Crippen LogP contribution >= 0.6 is 0 Å². The summed E-state index contributed by atoms with van der Waals surface area (Å²) < 4.78 is 10.5. The van der Waals surface area contributed by atoms with Crippen LogP contribution in [-0.2, 0) is 31.9 Å². The van der Waals surface area contributed by atoms with Crippen LogP contribution in [0, 0.1) is 24.5 Å². The number of furan rings is 1. The molecule has 0 fully saturated rings. The van der Waals surface area contributed by atoms with Gasteiger partial charge in [0, 0.05) is 47.7 Å². The molecule has 1 radical (unpaired) electrons. The molecule has 6 nitrogen and oxygen atoms in total. The van der Waals surface area contributed by atoms with Crippen molar-refractivity contribution in [3.63, 3.8) is 0 Å². The van der Waals surface area contributed by atoms with Crippen LogP contribution in [0.3, 0.4) is 0 Å². The first-order valence-corrected chi connectivity index (χ1v) is 31.6. The quantitative estimate of drug-likeness (QED) is 0.0943. The number of pyridine rings is 3. The van der Waals surface area contributed by atoms with Crippen LogP contribution in [0.4, 0.5) is 0 Å². The number of hydrogen-bond acceptors (Lipinski definition) is 5. The molecule has 5 aromatic heterocycles. The molecule has 0 N–H and O–H groups in total. The second-order valence-corrected chi connectivity index (χ2v) is 32.9. The molecule has 11 rings (SSSR count). The van der Waals surface area contributed by atoms with Crippen LogP contribution in [0.1, 0.15) is 83.8 Å². The minimum absolute atomic E-state index is 0. The van der Waals surface area contributed by atoms with Gasteiger partial charge in [0.2, 0.25) is 5.71 Å². The summed E-state index contributed by atoms with van der Waals surface area (Å²) in [5, 5.41) is 7.93. The van der Waals surface area contributed by atoms with Crippen molar-refractivity contribution in [1.82, 2.24) is 24.5 Å². The largest absolute Gasteiger partial charge is 0.486 e. The molecular formula is C62H61GeIrN5O-2. The fourth-order valence-corrected chi connectivity index (χ4v) is 11.9. The molecule has 0 aliphatic rings. The Kier molecular flexibility index (Phi) is 13.1. The Morgan fingerprint density at radius 1 is 0.686 bits per heavy atom. The topological polar surface area (TPSA) is 69.6 Å². The molecule has 5 heterocycles. The minimum atomic E-state index is -1.76. The van der Waals surface area contributed by atoms with Crippen LogP contribution in [0.25, 0.3) is 93.9 Å². The smallest absolute Gasteiger partial charge is 0.216 e. The van der Waals surface area contributed by atoms with E-state index in [1.165, 1.54) is 37.1 Å². The van der Waals surface area contributed by atoms with E-state index < -0.39 is 13.3 Å². The van der Waals surface area contributed by atoms with E-state index >= 15 is 0 Å². The standard InChI is InChI=1S/C44H37N4O.C18H24GeN.Ir/c1-25(2)37-31-14-9-7-12-29(31)30-13-8-10-15-32(30)39(37)48-40-36(23-20-27-19-18-26(3)45-38(27)40)47-42(48)35-17-11-16-33-34-22-21-28(24-44(4,5)6)46-43(34)49-41(33)35;1-18(2,3)15-9-7-8-14(12-15)17-11-10-16(13-20-17)19(4,5)6;/h7-16,18-23,25H,24H2,1-6H3;7,9-13H,1-6H3;/q2*-1;. The predicted octanol–water partition coefficient (Wildman–Crippen LogP) is 16.1. The van der Waals surface area contributed by atoms with Gasteiger partial charge in [-0.3, -0.25) is 9.97 Å². The van der Waals surface area contributed by atoms with Crippen LogP contribution < -0.4 is 4.40 Å². The average Bonchev–Trinajstić information content (AvgIpc) is 3.89. The fraction of sp³-hybridized carbons (Fsp3) is 0.258. The summed E-state index contributed by atoms with van der Waals surface area (Å²) in [6, 6.07) is 52.0. The van der Waals surface area contributed by atoms with Crippen molar-refractivity contribution in [1.29, 1.82) is 0 Å². The van der Waals surface area contributed by atoms with Crippen molar-refractivity contribution in [2.45, 2.75) is 97.3 Å². The van der Waals surface area contributed by atoms with Gasteiger partial charge in [-0.2, -0.15) is 0 Å². The van der Waals surface area contributed by atoms with Crippen molar-refractivity contribution in [2.24, 2.45) is 5.41 Å². The van der Waals surface area contributed by atoms with E-state index in [9.17, 15) is 0 Å². The molecule has 0 bridgehead atoms. The second-order valence-electron chi connectivity index (χ2n) is 22.3. The monoisotopic (exact) mass is 1160 g/mol. The molecule has 70 heavy (non-hydrogen) atoms. The summed E-state index contributed by atoms with van der Waals surface area (Å²) in [6.45, 7) is 20.0. The van der Waals surface area contributed by atoms with Crippen molar-refractivity contribution in [2.75, 3.05) is 0 Å². The van der Waals surface area contributed by atoms with Gasteiger partial charge in [-0.15, -0.1) is 18.2 Å². The average molecular weight is 1160 g/mol. The zero-order valence-electron chi connectivity index (χ0n) is 42.5. The van der Waals surface area contributed by atoms with Crippen molar-refractivity contribution >= 4 is 83.2 Å². The van der Waals surface area contributed by atoms with E-state index in [1.54, 1.807) is 0 Å². The van der Waals surface area contributed by atoms with Gasteiger partial charge in [0.05, 0.1) is 33.6 Å². The number of aromatic nitrogens is 5. The maximum atomic E-state index is 6.71. The van der Waals surface area contributed by atoms with E-state index in [0.717, 1.165) is 84.4 Å². The number of aryl methyl sites for hydroxylation is 1. The minimum Gasteiger partial charge on any atom is -0.486 e. The third-order valence-electron chi connectivity index (χ3n) is 13.2. The molecule has 355 valence electrons. The van der Waals surface area contributed by atoms with Crippen molar-refractivity contribution in [3.8, 4) is 28.3 Å². The number of nitrogens with zero attached hydrogens (tertiary/aromatic N) is 5. The third kappa shape index (κ3) is 9.25. The number of rotatable bonds is 6.